The molecular formula is C16H21ClN6O4. The molecule has 1 aromatic heterocycles. The van der Waals surface area contributed by atoms with Gasteiger partial charge in [-0.2, -0.15) is 4.98 Å². The lowest BCUT2D eigenvalue weighted by molar-refractivity contribution is -0.384. The molecular weight excluding hydrogens is 376 g/mol. The molecule has 146 valence electrons. The summed E-state index contributed by atoms with van der Waals surface area (Å²) in [7, 11) is 0. The molecule has 0 aliphatic heterocycles. The standard InChI is InChI=1S/C16H20N6O4.ClH/c17-16(7-1-2-8-16)14-20-13(26-21-14)10-19-15(23)18-9-11-3-5-12(6-4-11)22(24)25;/h3-6H,1-2,7-10,17H2,(H2,18,19,23);1H. The average Bonchev–Trinajstić information content (AvgIpc) is 3.28. The number of benzene rings is 1. The maximum atomic E-state index is 11.8. The first-order valence-electron chi connectivity index (χ1n) is 8.33. The number of hydrogen-bond donors (Lipinski definition) is 3. The van der Waals surface area contributed by atoms with Gasteiger partial charge in [0.05, 0.1) is 17.0 Å². The minimum Gasteiger partial charge on any atom is -0.337 e. The molecule has 1 aliphatic rings. The fourth-order valence-electron chi connectivity index (χ4n) is 2.89. The molecule has 2 aromatic rings. The van der Waals surface area contributed by atoms with Crippen LogP contribution in [0.15, 0.2) is 28.8 Å². The fraction of sp³-hybridized carbons (Fsp3) is 0.438. The highest BCUT2D eigenvalue weighted by atomic mass is 35.5. The second-order valence-electron chi connectivity index (χ2n) is 6.33. The summed E-state index contributed by atoms with van der Waals surface area (Å²) >= 11 is 0. The van der Waals surface area contributed by atoms with Crippen LogP contribution in [0.2, 0.25) is 0 Å². The van der Waals surface area contributed by atoms with Gasteiger partial charge in [0.1, 0.15) is 0 Å². The van der Waals surface area contributed by atoms with Crippen molar-refractivity contribution < 1.29 is 14.2 Å². The Morgan fingerprint density at radius 1 is 1.22 bits per heavy atom. The van der Waals surface area contributed by atoms with E-state index in [0.29, 0.717) is 11.7 Å². The summed E-state index contributed by atoms with van der Waals surface area (Å²) in [6, 6.07) is 5.54. The first kappa shape index (κ1) is 20.6. The number of non-ortho nitro benzene ring substituents is 1. The molecule has 4 N–H and O–H groups in total. The first-order valence-corrected chi connectivity index (χ1v) is 8.33. The molecule has 10 nitrogen and oxygen atoms in total. The van der Waals surface area contributed by atoms with E-state index in [4.69, 9.17) is 10.3 Å². The third-order valence-corrected chi connectivity index (χ3v) is 4.41. The van der Waals surface area contributed by atoms with Crippen LogP contribution in [0, 0.1) is 10.1 Å². The molecule has 0 bridgehead atoms. The monoisotopic (exact) mass is 396 g/mol. The number of nitro groups is 1. The number of amides is 2. The predicted octanol–water partition coefficient (Wildman–Crippen LogP) is 2.13. The molecule has 1 saturated carbocycles. The van der Waals surface area contributed by atoms with Crippen molar-refractivity contribution in [2.45, 2.75) is 44.3 Å². The van der Waals surface area contributed by atoms with Gasteiger partial charge >= 0.3 is 6.03 Å². The van der Waals surface area contributed by atoms with Gasteiger partial charge in [0.25, 0.3) is 5.69 Å². The Labute approximate surface area is 161 Å². The molecule has 1 aromatic carbocycles. The molecule has 0 spiro atoms. The van der Waals surface area contributed by atoms with Crippen LogP contribution in [0.3, 0.4) is 0 Å². The molecule has 1 heterocycles. The molecule has 2 amide bonds. The predicted molar refractivity (Wildman–Crippen MR) is 98.1 cm³/mol. The van der Waals surface area contributed by atoms with E-state index in [0.717, 1.165) is 31.2 Å². The molecule has 27 heavy (non-hydrogen) atoms. The van der Waals surface area contributed by atoms with Crippen molar-refractivity contribution in [3.63, 3.8) is 0 Å². The smallest absolute Gasteiger partial charge is 0.315 e. The number of nitrogens with two attached hydrogens (primary N) is 1. The van der Waals surface area contributed by atoms with E-state index in [9.17, 15) is 14.9 Å². The summed E-state index contributed by atoms with van der Waals surface area (Å²) in [5.74, 6) is 0.778. The summed E-state index contributed by atoms with van der Waals surface area (Å²) in [5.41, 5.74) is 6.49. The van der Waals surface area contributed by atoms with Crippen LogP contribution < -0.4 is 16.4 Å². The number of hydrogen-bond acceptors (Lipinski definition) is 7. The van der Waals surface area contributed by atoms with Gasteiger partial charge in [-0.15, -0.1) is 12.4 Å². The third kappa shape index (κ3) is 5.14. The number of carbonyl (C=O) groups is 1. The number of urea groups is 1. The Hall–Kier alpha value is -2.72. The number of nitrogens with zero attached hydrogens (tertiary/aromatic N) is 3. The third-order valence-electron chi connectivity index (χ3n) is 4.41. The Morgan fingerprint density at radius 3 is 2.48 bits per heavy atom. The van der Waals surface area contributed by atoms with Gasteiger partial charge < -0.3 is 20.9 Å². The van der Waals surface area contributed by atoms with Crippen molar-refractivity contribution >= 4 is 24.1 Å². The van der Waals surface area contributed by atoms with Crippen molar-refractivity contribution in [3.05, 3.63) is 51.7 Å². The highest BCUT2D eigenvalue weighted by Gasteiger charge is 2.35. The Bertz CT molecular complexity index is 788. The lowest BCUT2D eigenvalue weighted by Crippen LogP contribution is -2.35. The number of nitro benzene ring substituents is 1. The zero-order valence-electron chi connectivity index (χ0n) is 14.5. The number of aromatic nitrogens is 2. The highest BCUT2D eigenvalue weighted by Crippen LogP contribution is 2.34. The fourth-order valence-corrected chi connectivity index (χ4v) is 2.89. The minimum absolute atomic E-state index is 0. The van der Waals surface area contributed by atoms with Gasteiger partial charge in [-0.3, -0.25) is 10.1 Å². The number of nitrogens with one attached hydrogen (secondary N) is 2. The van der Waals surface area contributed by atoms with Crippen molar-refractivity contribution in [3.8, 4) is 0 Å². The normalized spacial score (nSPS) is 15.0. The van der Waals surface area contributed by atoms with E-state index in [1.165, 1.54) is 12.1 Å². The largest absolute Gasteiger partial charge is 0.337 e. The summed E-state index contributed by atoms with van der Waals surface area (Å²) in [6.07, 6.45) is 3.75. The molecule has 3 rings (SSSR count). The SMILES string of the molecule is Cl.NC1(c2noc(CNC(=O)NCc3ccc([N+](=O)[O-])cc3)n2)CCCC1. The van der Waals surface area contributed by atoms with E-state index < -0.39 is 16.5 Å². The number of carbonyl (C=O) groups excluding carboxylic acids is 1. The molecule has 1 aliphatic carbocycles. The molecule has 0 atom stereocenters. The Kier molecular flexibility index (Phi) is 6.70. The zero-order chi connectivity index (χ0) is 18.6. The summed E-state index contributed by atoms with van der Waals surface area (Å²) in [4.78, 5) is 26.2. The van der Waals surface area contributed by atoms with E-state index in [-0.39, 0.29) is 31.2 Å². The number of rotatable bonds is 6. The van der Waals surface area contributed by atoms with Gasteiger partial charge in [-0.25, -0.2) is 4.79 Å². The van der Waals surface area contributed by atoms with Crippen molar-refractivity contribution in [1.82, 2.24) is 20.8 Å². The van der Waals surface area contributed by atoms with E-state index in [1.54, 1.807) is 12.1 Å². The van der Waals surface area contributed by atoms with Gasteiger partial charge in [0, 0.05) is 18.7 Å². The van der Waals surface area contributed by atoms with Crippen LogP contribution in [0.25, 0.3) is 0 Å². The number of halogens is 1. The second kappa shape index (κ2) is 8.78. The Morgan fingerprint density at radius 2 is 1.85 bits per heavy atom. The van der Waals surface area contributed by atoms with Gasteiger partial charge in [0.2, 0.25) is 5.89 Å². The van der Waals surface area contributed by atoms with E-state index in [1.807, 2.05) is 0 Å². The second-order valence-corrected chi connectivity index (χ2v) is 6.33. The van der Waals surface area contributed by atoms with E-state index in [2.05, 4.69) is 20.8 Å². The lowest BCUT2D eigenvalue weighted by Gasteiger charge is -2.17. The average molecular weight is 397 g/mol. The molecule has 0 radical (unpaired) electrons. The maximum Gasteiger partial charge on any atom is 0.315 e. The van der Waals surface area contributed by atoms with Crippen LogP contribution in [0.1, 0.15) is 43.0 Å². The Balaban J connectivity index is 0.00000261. The van der Waals surface area contributed by atoms with E-state index >= 15 is 0 Å². The van der Waals surface area contributed by atoms with Crippen molar-refractivity contribution in [2.75, 3.05) is 0 Å². The molecule has 1 fully saturated rings. The van der Waals surface area contributed by atoms with Crippen molar-refractivity contribution in [2.24, 2.45) is 5.73 Å². The minimum atomic E-state index is -0.528. The molecule has 11 heteroatoms. The summed E-state index contributed by atoms with van der Waals surface area (Å²) < 4.78 is 5.14. The lowest BCUT2D eigenvalue weighted by atomic mass is 9.99. The molecule has 0 unspecified atom stereocenters. The van der Waals surface area contributed by atoms with Crippen LogP contribution in [0.5, 0.6) is 0 Å². The van der Waals surface area contributed by atoms with Crippen molar-refractivity contribution in [1.29, 1.82) is 0 Å². The zero-order valence-corrected chi connectivity index (χ0v) is 15.3. The highest BCUT2D eigenvalue weighted by molar-refractivity contribution is 5.85. The summed E-state index contributed by atoms with van der Waals surface area (Å²) in [5, 5.41) is 19.8. The van der Waals surface area contributed by atoms with Gasteiger partial charge in [0.15, 0.2) is 5.82 Å². The quantitative estimate of drug-likeness (QED) is 0.500. The van der Waals surface area contributed by atoms with Crippen LogP contribution >= 0.6 is 12.4 Å². The van der Waals surface area contributed by atoms with Gasteiger partial charge in [-0.05, 0) is 18.4 Å². The van der Waals surface area contributed by atoms with Gasteiger partial charge in [-0.1, -0.05) is 30.1 Å². The van der Waals surface area contributed by atoms with Crippen LogP contribution in [0.4, 0.5) is 10.5 Å². The van der Waals surface area contributed by atoms with Crippen LogP contribution in [-0.4, -0.2) is 21.1 Å². The summed E-state index contributed by atoms with van der Waals surface area (Å²) in [6.45, 7) is 0.333. The topological polar surface area (TPSA) is 149 Å². The first-order chi connectivity index (χ1) is 12.5. The maximum absolute atomic E-state index is 11.8. The van der Waals surface area contributed by atoms with Crippen LogP contribution in [-0.2, 0) is 18.6 Å². The molecule has 0 saturated heterocycles.